The minimum atomic E-state index is 0.751. The highest BCUT2D eigenvalue weighted by atomic mass is 35.5. The van der Waals surface area contributed by atoms with Crippen molar-refractivity contribution >= 4 is 33.6 Å². The molecule has 0 aliphatic carbocycles. The average molecular weight is 425 g/mol. The van der Waals surface area contributed by atoms with Crippen LogP contribution >= 0.6 is 22.9 Å². The van der Waals surface area contributed by atoms with Gasteiger partial charge in [0.2, 0.25) is 4.96 Å². The Morgan fingerprint density at radius 2 is 1.66 bits per heavy atom. The topological polar surface area (TPSA) is 49.6 Å². The van der Waals surface area contributed by atoms with E-state index in [0.29, 0.717) is 0 Å². The summed E-state index contributed by atoms with van der Waals surface area (Å²) >= 11 is 7.57. The molecular formula is C21H21ClN6S. The second-order valence-corrected chi connectivity index (χ2v) is 8.69. The summed E-state index contributed by atoms with van der Waals surface area (Å²) in [6.07, 6.45) is 0.778. The Morgan fingerprint density at radius 1 is 0.897 bits per heavy atom. The molecule has 0 spiro atoms. The molecule has 0 saturated carbocycles. The number of anilines is 1. The number of para-hydroxylation sites is 1. The molecule has 0 atom stereocenters. The summed E-state index contributed by atoms with van der Waals surface area (Å²) < 4.78 is 1.90. The van der Waals surface area contributed by atoms with Gasteiger partial charge in [-0.15, -0.1) is 10.2 Å². The zero-order chi connectivity index (χ0) is 19.6. The van der Waals surface area contributed by atoms with Gasteiger partial charge >= 0.3 is 0 Å². The first kappa shape index (κ1) is 18.5. The van der Waals surface area contributed by atoms with E-state index < -0.39 is 0 Å². The Balaban J connectivity index is 1.24. The Bertz CT molecular complexity index is 1080. The summed E-state index contributed by atoms with van der Waals surface area (Å²) in [6.45, 7) is 4.82. The molecule has 2 aromatic carbocycles. The molecule has 0 bridgehead atoms. The van der Waals surface area contributed by atoms with Crippen LogP contribution in [0, 0.1) is 0 Å². The number of nitrogens with zero attached hydrogens (tertiary/aromatic N) is 6. The van der Waals surface area contributed by atoms with E-state index in [2.05, 4.69) is 50.3 Å². The largest absolute Gasteiger partial charge is 0.369 e. The van der Waals surface area contributed by atoms with Gasteiger partial charge in [-0.05, 0) is 29.8 Å². The summed E-state index contributed by atoms with van der Waals surface area (Å²) in [6, 6.07) is 18.5. The zero-order valence-corrected chi connectivity index (χ0v) is 17.5. The van der Waals surface area contributed by atoms with E-state index in [1.165, 1.54) is 11.3 Å². The number of aromatic nitrogens is 4. The molecular weight excluding hydrogens is 404 g/mol. The Morgan fingerprint density at radius 3 is 2.41 bits per heavy atom. The molecule has 148 valence electrons. The molecule has 29 heavy (non-hydrogen) atoms. The SMILES string of the molecule is Clc1ccc(Cc2nn3c(CN4CCN(c5ccccc5)CC4)nnc3s2)cc1. The van der Waals surface area contributed by atoms with Crippen LogP contribution in [0.15, 0.2) is 54.6 Å². The van der Waals surface area contributed by atoms with Crippen LogP contribution in [0.3, 0.4) is 0 Å². The lowest BCUT2D eigenvalue weighted by molar-refractivity contribution is 0.242. The minimum absolute atomic E-state index is 0.751. The van der Waals surface area contributed by atoms with Crippen molar-refractivity contribution in [3.8, 4) is 0 Å². The molecule has 1 aliphatic heterocycles. The van der Waals surface area contributed by atoms with E-state index >= 15 is 0 Å². The third-order valence-corrected chi connectivity index (χ3v) is 6.38. The second kappa shape index (κ2) is 8.10. The lowest BCUT2D eigenvalue weighted by atomic mass is 10.2. The van der Waals surface area contributed by atoms with Gasteiger partial charge in [-0.1, -0.05) is 53.3 Å². The molecule has 6 nitrogen and oxygen atoms in total. The molecule has 0 amide bonds. The van der Waals surface area contributed by atoms with Crippen LogP contribution in [0.1, 0.15) is 16.4 Å². The van der Waals surface area contributed by atoms with Crippen LogP contribution in [0.25, 0.3) is 4.96 Å². The van der Waals surface area contributed by atoms with E-state index in [1.807, 2.05) is 28.8 Å². The van der Waals surface area contributed by atoms with Gasteiger partial charge in [0.15, 0.2) is 5.82 Å². The summed E-state index contributed by atoms with van der Waals surface area (Å²) in [5.41, 5.74) is 2.49. The molecule has 4 aromatic rings. The number of piperazine rings is 1. The third kappa shape index (κ3) is 4.12. The Hall–Kier alpha value is -2.48. The standard InChI is InChI=1S/C21H21ClN6S/c22-17-8-6-16(7-9-17)14-20-25-28-19(23-24-21(28)29-20)15-26-10-12-27(13-11-26)18-4-2-1-3-5-18/h1-9H,10-15H2. The summed E-state index contributed by atoms with van der Waals surface area (Å²) in [5, 5.41) is 15.3. The predicted molar refractivity (Wildman–Crippen MR) is 117 cm³/mol. The zero-order valence-electron chi connectivity index (χ0n) is 15.9. The first-order chi connectivity index (χ1) is 14.2. The van der Waals surface area contributed by atoms with Gasteiger partial charge < -0.3 is 4.90 Å². The number of halogens is 1. The van der Waals surface area contributed by atoms with Crippen LogP contribution in [0.2, 0.25) is 5.02 Å². The highest BCUT2D eigenvalue weighted by molar-refractivity contribution is 7.16. The van der Waals surface area contributed by atoms with Crippen LogP contribution < -0.4 is 4.90 Å². The molecule has 1 fully saturated rings. The number of fused-ring (bicyclic) bond motifs is 1. The second-order valence-electron chi connectivity index (χ2n) is 7.21. The van der Waals surface area contributed by atoms with Gasteiger partial charge in [0.25, 0.3) is 0 Å². The lowest BCUT2D eigenvalue weighted by Crippen LogP contribution is -2.46. The quantitative estimate of drug-likeness (QED) is 0.488. The smallest absolute Gasteiger partial charge is 0.234 e. The Labute approximate surface area is 178 Å². The number of benzene rings is 2. The van der Waals surface area contributed by atoms with Crippen molar-refractivity contribution in [3.63, 3.8) is 0 Å². The molecule has 8 heteroatoms. The van der Waals surface area contributed by atoms with E-state index in [4.69, 9.17) is 16.7 Å². The molecule has 1 aliphatic rings. The molecule has 2 aromatic heterocycles. The predicted octanol–water partition coefficient (Wildman–Crippen LogP) is 3.75. The molecule has 0 unspecified atom stereocenters. The number of hydrogen-bond acceptors (Lipinski definition) is 6. The van der Waals surface area contributed by atoms with E-state index in [9.17, 15) is 0 Å². The molecule has 3 heterocycles. The van der Waals surface area contributed by atoms with Crippen molar-refractivity contribution < 1.29 is 0 Å². The van der Waals surface area contributed by atoms with Crippen molar-refractivity contribution in [2.75, 3.05) is 31.1 Å². The lowest BCUT2D eigenvalue weighted by Gasteiger charge is -2.35. The first-order valence-electron chi connectivity index (χ1n) is 9.71. The maximum Gasteiger partial charge on any atom is 0.234 e. The van der Waals surface area contributed by atoms with Gasteiger partial charge in [0.05, 0.1) is 6.54 Å². The van der Waals surface area contributed by atoms with Gasteiger partial charge in [-0.2, -0.15) is 9.61 Å². The first-order valence-corrected chi connectivity index (χ1v) is 10.9. The fourth-order valence-corrected chi connectivity index (χ4v) is 4.66. The van der Waals surface area contributed by atoms with Crippen molar-refractivity contribution in [1.29, 1.82) is 0 Å². The summed E-state index contributed by atoms with van der Waals surface area (Å²) in [4.78, 5) is 5.71. The van der Waals surface area contributed by atoms with E-state index in [0.717, 1.165) is 60.0 Å². The molecule has 0 radical (unpaired) electrons. The summed E-state index contributed by atoms with van der Waals surface area (Å²) in [7, 11) is 0. The molecule has 5 rings (SSSR count). The normalized spacial score (nSPS) is 15.3. The fraction of sp³-hybridized carbons (Fsp3) is 0.286. The number of hydrogen-bond donors (Lipinski definition) is 0. The van der Waals surface area contributed by atoms with Gasteiger partial charge in [0, 0.05) is 43.3 Å². The maximum atomic E-state index is 5.98. The highest BCUT2D eigenvalue weighted by Gasteiger charge is 2.20. The van der Waals surface area contributed by atoms with Crippen molar-refractivity contribution in [2.24, 2.45) is 0 Å². The van der Waals surface area contributed by atoms with Crippen LogP contribution in [0.5, 0.6) is 0 Å². The average Bonchev–Trinajstić information content (AvgIpc) is 3.32. The third-order valence-electron chi connectivity index (χ3n) is 5.22. The Kier molecular flexibility index (Phi) is 5.18. The minimum Gasteiger partial charge on any atom is -0.369 e. The molecule has 1 saturated heterocycles. The molecule has 0 N–H and O–H groups in total. The van der Waals surface area contributed by atoms with Crippen LogP contribution in [0.4, 0.5) is 5.69 Å². The number of rotatable bonds is 5. The van der Waals surface area contributed by atoms with Crippen molar-refractivity contribution in [2.45, 2.75) is 13.0 Å². The van der Waals surface area contributed by atoms with Crippen LogP contribution in [-0.4, -0.2) is 50.9 Å². The van der Waals surface area contributed by atoms with Crippen molar-refractivity contribution in [3.05, 3.63) is 76.0 Å². The maximum absolute atomic E-state index is 5.98. The van der Waals surface area contributed by atoms with E-state index in [1.54, 1.807) is 11.3 Å². The van der Waals surface area contributed by atoms with Gasteiger partial charge in [-0.25, -0.2) is 0 Å². The highest BCUT2D eigenvalue weighted by Crippen LogP contribution is 2.20. The van der Waals surface area contributed by atoms with Gasteiger partial charge in [0.1, 0.15) is 5.01 Å². The fourth-order valence-electron chi connectivity index (χ4n) is 3.65. The van der Waals surface area contributed by atoms with Crippen molar-refractivity contribution in [1.82, 2.24) is 24.7 Å². The van der Waals surface area contributed by atoms with E-state index in [-0.39, 0.29) is 0 Å². The van der Waals surface area contributed by atoms with Gasteiger partial charge in [-0.3, -0.25) is 4.90 Å². The monoisotopic (exact) mass is 424 g/mol. The van der Waals surface area contributed by atoms with Crippen LogP contribution in [-0.2, 0) is 13.0 Å². The summed E-state index contributed by atoms with van der Waals surface area (Å²) in [5.74, 6) is 0.909.